The third kappa shape index (κ3) is 3.87. The molecule has 3 heterocycles. The number of hydrogen-bond acceptors (Lipinski definition) is 6. The van der Waals surface area contributed by atoms with Gasteiger partial charge in [-0.1, -0.05) is 11.8 Å². The topological polar surface area (TPSA) is 63.5 Å². The molecule has 2 aliphatic rings. The Kier molecular flexibility index (Phi) is 5.55. The average Bonchev–Trinajstić information content (AvgIpc) is 2.96. The van der Waals surface area contributed by atoms with Crippen molar-refractivity contribution in [3.8, 4) is 0 Å². The van der Waals surface area contributed by atoms with Crippen LogP contribution in [0.25, 0.3) is 0 Å². The minimum atomic E-state index is 0.219. The van der Waals surface area contributed by atoms with Crippen LogP contribution >= 0.6 is 11.8 Å². The molecule has 128 valence electrons. The van der Waals surface area contributed by atoms with Gasteiger partial charge < -0.3 is 14.2 Å². The lowest BCUT2D eigenvalue weighted by atomic mass is 9.97. The third-order valence-electron chi connectivity index (χ3n) is 4.64. The molecular weight excluding hydrogens is 314 g/mol. The molecular formula is C15H25N5O2S. The van der Waals surface area contributed by atoms with Crippen molar-refractivity contribution in [2.75, 3.05) is 52.2 Å². The predicted octanol–water partition coefficient (Wildman–Crippen LogP) is 0.575. The largest absolute Gasteiger partial charge is 0.378 e. The van der Waals surface area contributed by atoms with E-state index in [2.05, 4.69) is 19.7 Å². The quantitative estimate of drug-likeness (QED) is 0.748. The molecule has 0 radical (unpaired) electrons. The summed E-state index contributed by atoms with van der Waals surface area (Å²) in [4.78, 5) is 16.6. The molecule has 23 heavy (non-hydrogen) atoms. The van der Waals surface area contributed by atoms with E-state index in [0.717, 1.165) is 50.0 Å². The summed E-state index contributed by atoms with van der Waals surface area (Å²) in [6.45, 7) is 5.13. The number of hydrogen-bond donors (Lipinski definition) is 0. The van der Waals surface area contributed by atoms with Gasteiger partial charge in [-0.25, -0.2) is 0 Å². The van der Waals surface area contributed by atoms with Gasteiger partial charge in [0.2, 0.25) is 5.91 Å². The van der Waals surface area contributed by atoms with E-state index in [1.807, 2.05) is 18.2 Å². The number of piperidine rings is 1. The van der Waals surface area contributed by atoms with Crippen molar-refractivity contribution in [2.45, 2.75) is 23.9 Å². The summed E-state index contributed by atoms with van der Waals surface area (Å²) < 4.78 is 7.40. The maximum absolute atomic E-state index is 12.4. The second kappa shape index (κ2) is 7.63. The minimum absolute atomic E-state index is 0.219. The van der Waals surface area contributed by atoms with Gasteiger partial charge in [0.25, 0.3) is 0 Å². The van der Waals surface area contributed by atoms with Gasteiger partial charge in [-0.2, -0.15) is 0 Å². The van der Waals surface area contributed by atoms with Gasteiger partial charge in [-0.3, -0.25) is 9.69 Å². The molecule has 0 bridgehead atoms. The van der Waals surface area contributed by atoms with Crippen molar-refractivity contribution in [3.63, 3.8) is 0 Å². The van der Waals surface area contributed by atoms with Crippen LogP contribution in [-0.4, -0.2) is 82.7 Å². The lowest BCUT2D eigenvalue weighted by Gasteiger charge is -2.34. The monoisotopic (exact) mass is 339 g/mol. The van der Waals surface area contributed by atoms with Crippen molar-refractivity contribution in [1.82, 2.24) is 24.6 Å². The Bertz CT molecular complexity index is 544. The molecule has 2 saturated heterocycles. The van der Waals surface area contributed by atoms with Crippen molar-refractivity contribution >= 4 is 17.7 Å². The van der Waals surface area contributed by atoms with Crippen molar-refractivity contribution in [1.29, 1.82) is 0 Å². The van der Waals surface area contributed by atoms with Crippen molar-refractivity contribution in [3.05, 3.63) is 5.82 Å². The summed E-state index contributed by atoms with van der Waals surface area (Å²) in [5.74, 6) is 1.62. The Balaban J connectivity index is 1.59. The molecule has 0 N–H and O–H groups in total. The molecule has 0 saturated carbocycles. The first kappa shape index (κ1) is 16.7. The van der Waals surface area contributed by atoms with E-state index in [4.69, 9.17) is 4.74 Å². The number of carbonyl (C=O) groups excluding carboxylic acids is 1. The fourth-order valence-electron chi connectivity index (χ4n) is 3.37. The van der Waals surface area contributed by atoms with Gasteiger partial charge >= 0.3 is 0 Å². The standard InChI is InChI=1S/C15H25N5O2S/c1-18-14(16-17-15(18)23-2)12-4-3-5-19(10-12)11-13(21)20-6-8-22-9-7-20/h12H,3-11H2,1-2H3/t12-/m0/s1. The van der Waals surface area contributed by atoms with Crippen LogP contribution in [-0.2, 0) is 16.6 Å². The Morgan fingerprint density at radius 2 is 2.09 bits per heavy atom. The Hall–Kier alpha value is -1.12. The van der Waals surface area contributed by atoms with Gasteiger partial charge in [-0.15, -0.1) is 10.2 Å². The summed E-state index contributed by atoms with van der Waals surface area (Å²) in [6, 6.07) is 0. The number of rotatable bonds is 4. The molecule has 1 amide bonds. The Morgan fingerprint density at radius 3 is 2.78 bits per heavy atom. The molecule has 1 aromatic heterocycles. The van der Waals surface area contributed by atoms with Gasteiger partial charge in [0.05, 0.1) is 19.8 Å². The lowest BCUT2D eigenvalue weighted by Crippen LogP contribution is -2.47. The molecule has 0 aromatic carbocycles. The molecule has 2 fully saturated rings. The zero-order chi connectivity index (χ0) is 16.2. The number of amides is 1. The first-order valence-electron chi connectivity index (χ1n) is 8.20. The first-order chi connectivity index (χ1) is 11.2. The van der Waals surface area contributed by atoms with E-state index in [0.29, 0.717) is 25.7 Å². The highest BCUT2D eigenvalue weighted by Crippen LogP contribution is 2.27. The molecule has 7 nitrogen and oxygen atoms in total. The smallest absolute Gasteiger partial charge is 0.236 e. The molecule has 1 aromatic rings. The predicted molar refractivity (Wildman–Crippen MR) is 88.6 cm³/mol. The maximum Gasteiger partial charge on any atom is 0.236 e. The molecule has 0 spiro atoms. The lowest BCUT2D eigenvalue weighted by molar-refractivity contribution is -0.136. The second-order valence-electron chi connectivity index (χ2n) is 6.17. The number of likely N-dealkylation sites (tertiary alicyclic amines) is 1. The van der Waals surface area contributed by atoms with Crippen LogP contribution < -0.4 is 0 Å². The summed E-state index contributed by atoms with van der Waals surface area (Å²) in [6.07, 6.45) is 4.23. The molecule has 0 aliphatic carbocycles. The molecule has 0 unspecified atom stereocenters. The number of ether oxygens (including phenoxy) is 1. The van der Waals surface area contributed by atoms with E-state index in [1.165, 1.54) is 0 Å². The van der Waals surface area contributed by atoms with E-state index < -0.39 is 0 Å². The summed E-state index contributed by atoms with van der Waals surface area (Å²) in [5.41, 5.74) is 0. The van der Waals surface area contributed by atoms with Crippen molar-refractivity contribution in [2.24, 2.45) is 7.05 Å². The highest BCUT2D eigenvalue weighted by molar-refractivity contribution is 7.98. The summed E-state index contributed by atoms with van der Waals surface area (Å²) >= 11 is 1.61. The normalized spacial score (nSPS) is 23.2. The van der Waals surface area contributed by atoms with E-state index in [9.17, 15) is 4.79 Å². The Morgan fingerprint density at radius 1 is 1.30 bits per heavy atom. The summed E-state index contributed by atoms with van der Waals surface area (Å²) in [7, 11) is 2.03. The van der Waals surface area contributed by atoms with Gasteiger partial charge in [0, 0.05) is 32.6 Å². The highest BCUT2D eigenvalue weighted by Gasteiger charge is 2.28. The van der Waals surface area contributed by atoms with Crippen LogP contribution in [0.15, 0.2) is 5.16 Å². The fraction of sp³-hybridized carbons (Fsp3) is 0.800. The zero-order valence-corrected chi connectivity index (χ0v) is 14.7. The van der Waals surface area contributed by atoms with Crippen LogP contribution in [0.3, 0.4) is 0 Å². The summed E-state index contributed by atoms with van der Waals surface area (Å²) in [5, 5.41) is 9.55. The van der Waals surface area contributed by atoms with Gasteiger partial charge in [-0.05, 0) is 25.6 Å². The molecule has 8 heteroatoms. The second-order valence-corrected chi connectivity index (χ2v) is 6.94. The molecule has 2 aliphatic heterocycles. The van der Waals surface area contributed by atoms with Crippen LogP contribution in [0, 0.1) is 0 Å². The molecule has 1 atom stereocenters. The van der Waals surface area contributed by atoms with E-state index >= 15 is 0 Å². The van der Waals surface area contributed by atoms with E-state index in [-0.39, 0.29) is 5.91 Å². The number of thioether (sulfide) groups is 1. The van der Waals surface area contributed by atoms with Crippen LogP contribution in [0.2, 0.25) is 0 Å². The number of morpholine rings is 1. The van der Waals surface area contributed by atoms with Gasteiger partial charge in [0.1, 0.15) is 5.82 Å². The van der Waals surface area contributed by atoms with Crippen LogP contribution in [0.5, 0.6) is 0 Å². The first-order valence-corrected chi connectivity index (χ1v) is 9.42. The zero-order valence-electron chi connectivity index (χ0n) is 13.9. The number of carbonyl (C=O) groups is 1. The number of aromatic nitrogens is 3. The highest BCUT2D eigenvalue weighted by atomic mass is 32.2. The minimum Gasteiger partial charge on any atom is -0.378 e. The third-order valence-corrected chi connectivity index (χ3v) is 5.37. The van der Waals surface area contributed by atoms with Crippen molar-refractivity contribution < 1.29 is 9.53 Å². The van der Waals surface area contributed by atoms with Crippen LogP contribution in [0.1, 0.15) is 24.6 Å². The number of nitrogens with zero attached hydrogens (tertiary/aromatic N) is 5. The van der Waals surface area contributed by atoms with Crippen LogP contribution in [0.4, 0.5) is 0 Å². The van der Waals surface area contributed by atoms with Gasteiger partial charge in [0.15, 0.2) is 5.16 Å². The molecule has 3 rings (SSSR count). The van der Waals surface area contributed by atoms with E-state index in [1.54, 1.807) is 11.8 Å². The fourth-order valence-corrected chi connectivity index (χ4v) is 3.86. The Labute approximate surface area is 141 Å². The maximum atomic E-state index is 12.4. The average molecular weight is 339 g/mol. The SMILES string of the molecule is CSc1nnc([C@H]2CCCN(CC(=O)N3CCOCC3)C2)n1C.